The number of nitrogens with one attached hydrogen (secondary N) is 1. The lowest BCUT2D eigenvalue weighted by atomic mass is 10.1. The van der Waals surface area contributed by atoms with Gasteiger partial charge < -0.3 is 5.32 Å². The summed E-state index contributed by atoms with van der Waals surface area (Å²) in [6.45, 7) is 4.59. The molecule has 5 heteroatoms. The number of thiazole rings is 1. The number of hydrogen-bond donors (Lipinski definition) is 1. The Kier molecular flexibility index (Phi) is 4.49. The van der Waals surface area contributed by atoms with Gasteiger partial charge in [-0.05, 0) is 18.2 Å². The average molecular weight is 285 g/mol. The Hall–Kier alpha value is -2.19. The van der Waals surface area contributed by atoms with E-state index in [0.29, 0.717) is 23.6 Å². The molecule has 0 saturated heterocycles. The van der Waals surface area contributed by atoms with Crippen LogP contribution >= 0.6 is 11.3 Å². The molecule has 0 unspecified atom stereocenters. The first kappa shape index (κ1) is 14.2. The van der Waals surface area contributed by atoms with Crippen LogP contribution in [0.5, 0.6) is 0 Å². The molecule has 0 aliphatic heterocycles. The Bertz CT molecular complexity index is 655. The number of carbonyl (C=O) groups excluding carboxylic acids is 1. The first-order valence-corrected chi connectivity index (χ1v) is 7.20. The molecule has 20 heavy (non-hydrogen) atoms. The van der Waals surface area contributed by atoms with Crippen molar-refractivity contribution in [3.63, 3.8) is 0 Å². The molecule has 2 rings (SSSR count). The average Bonchev–Trinajstić information content (AvgIpc) is 2.94. The van der Waals surface area contributed by atoms with Crippen molar-refractivity contribution in [3.05, 3.63) is 51.5 Å². The maximum absolute atomic E-state index is 12.0. The fraction of sp³-hybridized carbons (Fsp3) is 0.267. The SMILES string of the molecule is CC(C)c1nc(CNC(=O)c2cccc(C#N)c2)cs1. The van der Waals surface area contributed by atoms with Crippen LogP contribution in [0.15, 0.2) is 29.6 Å². The molecule has 4 nitrogen and oxygen atoms in total. The van der Waals surface area contributed by atoms with E-state index in [-0.39, 0.29) is 5.91 Å². The van der Waals surface area contributed by atoms with Crippen LogP contribution in [0.25, 0.3) is 0 Å². The predicted molar refractivity (Wildman–Crippen MR) is 78.5 cm³/mol. The van der Waals surface area contributed by atoms with Crippen LogP contribution in [0.4, 0.5) is 0 Å². The molecule has 0 radical (unpaired) electrons. The van der Waals surface area contributed by atoms with Crippen molar-refractivity contribution < 1.29 is 4.79 Å². The monoisotopic (exact) mass is 285 g/mol. The molecule has 0 aliphatic carbocycles. The Morgan fingerprint density at radius 2 is 2.30 bits per heavy atom. The van der Waals surface area contributed by atoms with Gasteiger partial charge in [0.15, 0.2) is 0 Å². The van der Waals surface area contributed by atoms with Crippen molar-refractivity contribution in [2.75, 3.05) is 0 Å². The summed E-state index contributed by atoms with van der Waals surface area (Å²) in [6.07, 6.45) is 0. The summed E-state index contributed by atoms with van der Waals surface area (Å²) in [5.41, 5.74) is 1.83. The summed E-state index contributed by atoms with van der Waals surface area (Å²) in [4.78, 5) is 16.4. The molecule has 1 heterocycles. The lowest BCUT2D eigenvalue weighted by molar-refractivity contribution is 0.0950. The number of rotatable bonds is 4. The van der Waals surface area contributed by atoms with Crippen molar-refractivity contribution in [2.24, 2.45) is 0 Å². The Balaban J connectivity index is 1.99. The molecular formula is C15H15N3OS. The molecule has 0 bridgehead atoms. The molecule has 1 aromatic carbocycles. The van der Waals surface area contributed by atoms with Gasteiger partial charge in [-0.2, -0.15) is 5.26 Å². The number of aromatic nitrogens is 1. The van der Waals surface area contributed by atoms with E-state index in [1.165, 1.54) is 0 Å². The fourth-order valence-electron chi connectivity index (χ4n) is 1.67. The number of nitrogens with zero attached hydrogens (tertiary/aromatic N) is 2. The Morgan fingerprint density at radius 1 is 1.50 bits per heavy atom. The first-order chi connectivity index (χ1) is 9.60. The smallest absolute Gasteiger partial charge is 0.251 e. The summed E-state index contributed by atoms with van der Waals surface area (Å²) >= 11 is 1.61. The van der Waals surface area contributed by atoms with Crippen molar-refractivity contribution in [3.8, 4) is 6.07 Å². The summed E-state index contributed by atoms with van der Waals surface area (Å²) in [7, 11) is 0. The van der Waals surface area contributed by atoms with Crippen molar-refractivity contribution in [1.29, 1.82) is 5.26 Å². The van der Waals surface area contributed by atoms with Crippen LogP contribution in [0, 0.1) is 11.3 Å². The Labute approximate surface area is 122 Å². The lowest BCUT2D eigenvalue weighted by Gasteiger charge is -2.03. The number of amides is 1. The molecule has 1 N–H and O–H groups in total. The van der Waals surface area contributed by atoms with Gasteiger partial charge in [-0.3, -0.25) is 4.79 Å². The van der Waals surface area contributed by atoms with Gasteiger partial charge in [0.25, 0.3) is 5.91 Å². The molecule has 0 spiro atoms. The highest BCUT2D eigenvalue weighted by molar-refractivity contribution is 7.09. The molecule has 1 amide bonds. The topological polar surface area (TPSA) is 65.8 Å². The van der Waals surface area contributed by atoms with Crippen LogP contribution in [-0.2, 0) is 6.54 Å². The maximum atomic E-state index is 12.0. The standard InChI is InChI=1S/C15H15N3OS/c1-10(2)15-18-13(9-20-15)8-17-14(19)12-5-3-4-11(6-12)7-16/h3-6,9-10H,8H2,1-2H3,(H,17,19). The van der Waals surface area contributed by atoms with E-state index in [1.807, 2.05) is 11.4 Å². The van der Waals surface area contributed by atoms with Crippen molar-refractivity contribution in [2.45, 2.75) is 26.3 Å². The molecular weight excluding hydrogens is 270 g/mol. The van der Waals surface area contributed by atoms with E-state index in [1.54, 1.807) is 35.6 Å². The van der Waals surface area contributed by atoms with Gasteiger partial charge in [-0.15, -0.1) is 11.3 Å². The minimum atomic E-state index is -0.193. The van der Waals surface area contributed by atoms with Crippen LogP contribution in [-0.4, -0.2) is 10.9 Å². The summed E-state index contributed by atoms with van der Waals surface area (Å²) < 4.78 is 0. The van der Waals surface area contributed by atoms with Crippen LogP contribution in [0.3, 0.4) is 0 Å². The normalized spacial score (nSPS) is 10.3. The van der Waals surface area contributed by atoms with Gasteiger partial charge in [0, 0.05) is 16.9 Å². The zero-order valence-electron chi connectivity index (χ0n) is 11.4. The minimum absolute atomic E-state index is 0.193. The molecule has 0 saturated carbocycles. The molecule has 0 aliphatic rings. The summed E-state index contributed by atoms with van der Waals surface area (Å²) in [5.74, 6) is 0.206. The molecule has 2 aromatic rings. The van der Waals surface area contributed by atoms with Gasteiger partial charge in [-0.1, -0.05) is 19.9 Å². The summed E-state index contributed by atoms with van der Waals surface area (Å²) in [5, 5.41) is 14.7. The van der Waals surface area contributed by atoms with E-state index >= 15 is 0 Å². The molecule has 0 fully saturated rings. The highest BCUT2D eigenvalue weighted by Gasteiger charge is 2.09. The quantitative estimate of drug-likeness (QED) is 0.938. The highest BCUT2D eigenvalue weighted by Crippen LogP contribution is 2.19. The maximum Gasteiger partial charge on any atom is 0.251 e. The number of carbonyl (C=O) groups is 1. The third kappa shape index (κ3) is 3.43. The third-order valence-corrected chi connectivity index (χ3v) is 3.94. The molecule has 0 atom stereocenters. The van der Waals surface area contributed by atoms with Gasteiger partial charge in [0.1, 0.15) is 0 Å². The second kappa shape index (κ2) is 6.31. The fourth-order valence-corrected chi connectivity index (χ4v) is 2.51. The van der Waals surface area contributed by atoms with Crippen LogP contribution < -0.4 is 5.32 Å². The second-order valence-corrected chi connectivity index (χ2v) is 5.60. The van der Waals surface area contributed by atoms with E-state index < -0.39 is 0 Å². The largest absolute Gasteiger partial charge is 0.346 e. The van der Waals surface area contributed by atoms with Crippen LogP contribution in [0.1, 0.15) is 46.4 Å². The van der Waals surface area contributed by atoms with E-state index in [2.05, 4.69) is 24.1 Å². The number of hydrogen-bond acceptors (Lipinski definition) is 4. The number of benzene rings is 1. The van der Waals surface area contributed by atoms with Gasteiger partial charge >= 0.3 is 0 Å². The number of nitriles is 1. The lowest BCUT2D eigenvalue weighted by Crippen LogP contribution is -2.23. The van der Waals surface area contributed by atoms with Crippen molar-refractivity contribution >= 4 is 17.2 Å². The van der Waals surface area contributed by atoms with Crippen LogP contribution in [0.2, 0.25) is 0 Å². The van der Waals surface area contributed by atoms with Gasteiger partial charge in [-0.25, -0.2) is 4.98 Å². The van der Waals surface area contributed by atoms with E-state index in [4.69, 9.17) is 5.26 Å². The molecule has 102 valence electrons. The zero-order valence-corrected chi connectivity index (χ0v) is 12.2. The summed E-state index contributed by atoms with van der Waals surface area (Å²) in [6, 6.07) is 8.67. The zero-order chi connectivity index (χ0) is 14.5. The van der Waals surface area contributed by atoms with E-state index in [9.17, 15) is 4.79 Å². The van der Waals surface area contributed by atoms with E-state index in [0.717, 1.165) is 10.7 Å². The van der Waals surface area contributed by atoms with Gasteiger partial charge in [0.2, 0.25) is 0 Å². The second-order valence-electron chi connectivity index (χ2n) is 4.71. The van der Waals surface area contributed by atoms with Gasteiger partial charge in [0.05, 0.1) is 28.9 Å². The highest BCUT2D eigenvalue weighted by atomic mass is 32.1. The predicted octanol–water partition coefficient (Wildman–Crippen LogP) is 3.07. The Morgan fingerprint density at radius 3 is 2.95 bits per heavy atom. The third-order valence-electron chi connectivity index (χ3n) is 2.75. The minimum Gasteiger partial charge on any atom is -0.346 e. The molecule has 1 aromatic heterocycles. The first-order valence-electron chi connectivity index (χ1n) is 6.33. The van der Waals surface area contributed by atoms with Crippen molar-refractivity contribution in [1.82, 2.24) is 10.3 Å².